The van der Waals surface area contributed by atoms with Crippen molar-refractivity contribution in [3.8, 4) is 58.3 Å². The van der Waals surface area contributed by atoms with Crippen LogP contribution in [0.3, 0.4) is 0 Å². The van der Waals surface area contributed by atoms with Crippen LogP contribution in [0, 0.1) is 24.7 Å². The van der Waals surface area contributed by atoms with Gasteiger partial charge in [0.2, 0.25) is 0 Å². The topological polar surface area (TPSA) is 9.86 Å². The van der Waals surface area contributed by atoms with Gasteiger partial charge in [-0.1, -0.05) is 159 Å². The number of benzene rings is 7. The van der Waals surface area contributed by atoms with E-state index in [0.29, 0.717) is 0 Å². The molecule has 7 aromatic carbocycles. The maximum absolute atomic E-state index is 5.57. The third-order valence-corrected chi connectivity index (χ3v) is 13.6. The molecular weight excluding hydrogens is 749 g/mol. The number of fused-ring (bicyclic) bond motifs is 13. The predicted octanol–water partition coefficient (Wildman–Crippen LogP) is 14.7. The lowest BCUT2D eigenvalue weighted by Gasteiger charge is -2.30. The Hall–Kier alpha value is -7.78. The summed E-state index contributed by atoms with van der Waals surface area (Å²) in [6, 6.07) is 54.5. The van der Waals surface area contributed by atoms with Crippen LogP contribution in [0.5, 0.6) is 0 Å². The fraction of sp³-hybridized carbons (Fsp3) is 0.100. The van der Waals surface area contributed by atoms with Crippen LogP contribution in [0.15, 0.2) is 194 Å². The lowest BCUT2D eigenvalue weighted by Crippen LogP contribution is -2.24. The first-order valence-electron chi connectivity index (χ1n) is 21.5. The molecule has 0 fully saturated rings. The van der Waals surface area contributed by atoms with Gasteiger partial charge in [0.15, 0.2) is 0 Å². The highest BCUT2D eigenvalue weighted by atomic mass is 15.0. The van der Waals surface area contributed by atoms with Gasteiger partial charge >= 0.3 is 0 Å². The smallest absolute Gasteiger partial charge is 0.0622 e. The molecule has 0 saturated carbocycles. The molecule has 294 valence electrons. The number of terminal acetylenes is 2. The van der Waals surface area contributed by atoms with Crippen LogP contribution in [-0.2, 0) is 10.8 Å². The first kappa shape index (κ1) is 37.2. The van der Waals surface area contributed by atoms with Gasteiger partial charge in [-0.2, -0.15) is 0 Å². The monoisotopic (exact) mass is 792 g/mol. The van der Waals surface area contributed by atoms with Crippen LogP contribution in [0.4, 0.5) is 0 Å². The van der Waals surface area contributed by atoms with Gasteiger partial charge in [0.05, 0.1) is 22.1 Å². The average Bonchev–Trinajstić information content (AvgIpc) is 3.98. The molecule has 0 aliphatic heterocycles. The number of hydrogen-bond donors (Lipinski definition) is 0. The highest BCUT2D eigenvalue weighted by Gasteiger charge is 2.43. The quantitative estimate of drug-likeness (QED) is 0.107. The van der Waals surface area contributed by atoms with Crippen LogP contribution in [0.25, 0.3) is 77.2 Å². The molecule has 11 rings (SSSR count). The lowest BCUT2D eigenvalue weighted by atomic mass is 9.72. The molecule has 2 heterocycles. The van der Waals surface area contributed by atoms with Gasteiger partial charge in [0.25, 0.3) is 0 Å². The molecule has 9 aromatic rings. The van der Waals surface area contributed by atoms with E-state index in [4.69, 9.17) is 12.8 Å². The highest BCUT2D eigenvalue weighted by Crippen LogP contribution is 2.57. The molecule has 2 aliphatic rings. The van der Waals surface area contributed by atoms with Crippen molar-refractivity contribution >= 4 is 43.6 Å². The Morgan fingerprint density at radius 1 is 0.468 bits per heavy atom. The van der Waals surface area contributed by atoms with E-state index in [2.05, 4.69) is 205 Å². The van der Waals surface area contributed by atoms with Gasteiger partial charge in [-0.3, -0.25) is 0 Å². The van der Waals surface area contributed by atoms with Crippen LogP contribution in [-0.4, -0.2) is 9.13 Å². The van der Waals surface area contributed by atoms with Gasteiger partial charge in [0, 0.05) is 49.3 Å². The zero-order valence-corrected chi connectivity index (χ0v) is 34.9. The highest BCUT2D eigenvalue weighted by molar-refractivity contribution is 6.17. The van der Waals surface area contributed by atoms with E-state index in [0.717, 1.165) is 24.2 Å². The van der Waals surface area contributed by atoms with Crippen LogP contribution < -0.4 is 0 Å². The summed E-state index contributed by atoms with van der Waals surface area (Å²) < 4.78 is 4.99. The van der Waals surface area contributed by atoms with Crippen molar-refractivity contribution in [1.82, 2.24) is 9.13 Å². The van der Waals surface area contributed by atoms with E-state index < -0.39 is 0 Å². The fourth-order valence-corrected chi connectivity index (χ4v) is 10.9. The van der Waals surface area contributed by atoms with Crippen molar-refractivity contribution in [3.05, 3.63) is 216 Å². The zero-order chi connectivity index (χ0) is 42.0. The SMILES string of the molecule is C#C/C=C\C=C/CC1(C/C=C\C=C/C#C)c2ccccc2-c2c1ccc1c3ccccc3n(-c3ccc4c(c3)c3cc5c(cc3n4-c3ccccc3)C(C)(C)c3ccccc3-5)c21. The van der Waals surface area contributed by atoms with Gasteiger partial charge in [-0.05, 0) is 112 Å². The first-order chi connectivity index (χ1) is 30.5. The molecule has 2 aliphatic carbocycles. The average molecular weight is 793 g/mol. The van der Waals surface area contributed by atoms with Gasteiger partial charge in [-0.25, -0.2) is 0 Å². The number of allylic oxidation sites excluding steroid dienone is 8. The number of aromatic nitrogens is 2. The predicted molar refractivity (Wildman–Crippen MR) is 262 cm³/mol. The molecule has 0 atom stereocenters. The molecule has 2 aromatic heterocycles. The largest absolute Gasteiger partial charge is 0.309 e. The third kappa shape index (κ3) is 5.40. The summed E-state index contributed by atoms with van der Waals surface area (Å²) in [5.41, 5.74) is 17.3. The van der Waals surface area contributed by atoms with Crippen molar-refractivity contribution in [2.75, 3.05) is 0 Å². The van der Waals surface area contributed by atoms with E-state index in [-0.39, 0.29) is 10.8 Å². The normalized spacial score (nSPS) is 14.7. The maximum Gasteiger partial charge on any atom is 0.0622 e. The van der Waals surface area contributed by atoms with E-state index in [9.17, 15) is 0 Å². The molecule has 2 heteroatoms. The molecule has 0 bridgehead atoms. The molecular formula is C60H44N2. The molecule has 2 nitrogen and oxygen atoms in total. The Balaban J connectivity index is 1.20. The van der Waals surface area contributed by atoms with E-state index >= 15 is 0 Å². The number of hydrogen-bond acceptors (Lipinski definition) is 0. The van der Waals surface area contributed by atoms with Crippen molar-refractivity contribution < 1.29 is 0 Å². The van der Waals surface area contributed by atoms with E-state index in [1.165, 1.54) is 88.1 Å². The van der Waals surface area contributed by atoms with Crippen molar-refractivity contribution in [2.45, 2.75) is 37.5 Å². The third-order valence-electron chi connectivity index (χ3n) is 13.6. The molecule has 0 spiro atoms. The Kier molecular flexibility index (Phi) is 8.68. The summed E-state index contributed by atoms with van der Waals surface area (Å²) >= 11 is 0. The summed E-state index contributed by atoms with van der Waals surface area (Å²) in [5, 5.41) is 4.97. The Morgan fingerprint density at radius 2 is 1.11 bits per heavy atom. The van der Waals surface area contributed by atoms with Gasteiger partial charge in [0.1, 0.15) is 0 Å². The summed E-state index contributed by atoms with van der Waals surface area (Å²) in [6.45, 7) is 4.73. The minimum absolute atomic E-state index is 0.111. The minimum Gasteiger partial charge on any atom is -0.309 e. The standard InChI is InChI=1S/C60H44N2/c1-5-7-9-11-22-36-60(37-23-12-10-8-6-2)51-30-20-17-28-46(51)57-52(60)34-33-45-44-27-18-21-31-54(44)62(58(45)57)42-32-35-55-48(38-42)49-39-47-43-26-16-19-29-50(43)59(3,4)53(47)40-56(49)61(55)41-24-14-13-15-25-41/h1-2,7-35,38-40H,36-37H2,3-4H3/b9-7-,10-8-,22-11-,23-12-. The second-order valence-corrected chi connectivity index (χ2v) is 17.1. The minimum atomic E-state index is -0.320. The summed E-state index contributed by atoms with van der Waals surface area (Å²) in [7, 11) is 0. The van der Waals surface area contributed by atoms with Gasteiger partial charge < -0.3 is 9.13 Å². The van der Waals surface area contributed by atoms with Crippen LogP contribution in [0.1, 0.15) is 48.9 Å². The van der Waals surface area contributed by atoms with Crippen molar-refractivity contribution in [2.24, 2.45) is 0 Å². The summed E-state index contributed by atoms with van der Waals surface area (Å²) in [5.74, 6) is 5.25. The van der Waals surface area contributed by atoms with Crippen LogP contribution >= 0.6 is 0 Å². The Bertz CT molecular complexity index is 3470. The lowest BCUT2D eigenvalue weighted by molar-refractivity contribution is 0.542. The molecule has 0 amide bonds. The molecule has 0 N–H and O–H groups in total. The maximum atomic E-state index is 5.57. The summed E-state index contributed by atoms with van der Waals surface area (Å²) in [4.78, 5) is 0. The molecule has 62 heavy (non-hydrogen) atoms. The van der Waals surface area contributed by atoms with Crippen molar-refractivity contribution in [3.63, 3.8) is 0 Å². The Labute approximate surface area is 363 Å². The summed E-state index contributed by atoms with van der Waals surface area (Å²) in [6.07, 6.45) is 28.8. The Morgan fingerprint density at radius 3 is 1.87 bits per heavy atom. The molecule has 0 unspecified atom stereocenters. The molecule has 0 saturated heterocycles. The van der Waals surface area contributed by atoms with E-state index in [1.807, 2.05) is 12.2 Å². The fourth-order valence-electron chi connectivity index (χ4n) is 10.9. The van der Waals surface area contributed by atoms with Crippen molar-refractivity contribution in [1.29, 1.82) is 0 Å². The number of rotatable bonds is 8. The second kappa shape index (κ2) is 14.4. The molecule has 0 radical (unpaired) electrons. The number of para-hydroxylation sites is 2. The second-order valence-electron chi connectivity index (χ2n) is 17.1. The van der Waals surface area contributed by atoms with E-state index in [1.54, 1.807) is 12.2 Å². The zero-order valence-electron chi connectivity index (χ0n) is 34.9. The first-order valence-corrected chi connectivity index (χ1v) is 21.5. The number of nitrogens with zero attached hydrogens (tertiary/aromatic N) is 2. The van der Waals surface area contributed by atoms with Crippen LogP contribution in [0.2, 0.25) is 0 Å². The van der Waals surface area contributed by atoms with Gasteiger partial charge in [-0.15, -0.1) is 12.8 Å².